The minimum Gasteiger partial charge on any atom is -0.333 e. The van der Waals surface area contributed by atoms with Gasteiger partial charge in [0.15, 0.2) is 9.84 Å². The second-order valence-electron chi connectivity index (χ2n) is 5.81. The molecule has 1 saturated heterocycles. The van der Waals surface area contributed by atoms with Crippen LogP contribution in [0.15, 0.2) is 24.3 Å². The summed E-state index contributed by atoms with van der Waals surface area (Å²) in [7, 11) is -1.58. The monoisotopic (exact) mass is 322 g/mol. The minimum atomic E-state index is -3.09. The Morgan fingerprint density at radius 3 is 2.68 bits per heavy atom. The normalized spacial score (nSPS) is 22.4. The standard InChI is InChI=1S/C15H18N2O4S/c1-16(12-7-9-22(20,21)10-12)14(18)15(19)17-8-6-11-4-2-3-5-13(11)17/h2-5,12H,6-10H2,1H3. The van der Waals surface area contributed by atoms with Crippen molar-refractivity contribution in [2.24, 2.45) is 0 Å². The average molecular weight is 322 g/mol. The first-order valence-electron chi connectivity index (χ1n) is 7.26. The van der Waals surface area contributed by atoms with E-state index in [0.29, 0.717) is 13.0 Å². The Morgan fingerprint density at radius 1 is 1.27 bits per heavy atom. The molecule has 1 aromatic rings. The summed E-state index contributed by atoms with van der Waals surface area (Å²) >= 11 is 0. The molecule has 7 heteroatoms. The maximum Gasteiger partial charge on any atom is 0.316 e. The highest BCUT2D eigenvalue weighted by atomic mass is 32.2. The highest BCUT2D eigenvalue weighted by Gasteiger charge is 2.37. The highest BCUT2D eigenvalue weighted by molar-refractivity contribution is 7.91. The molecular weight excluding hydrogens is 304 g/mol. The van der Waals surface area contributed by atoms with E-state index >= 15 is 0 Å². The molecule has 118 valence electrons. The van der Waals surface area contributed by atoms with Gasteiger partial charge >= 0.3 is 11.8 Å². The van der Waals surface area contributed by atoms with Crippen LogP contribution in [0, 0.1) is 0 Å². The van der Waals surface area contributed by atoms with Crippen LogP contribution in [0.25, 0.3) is 0 Å². The van der Waals surface area contributed by atoms with Crippen LogP contribution in [-0.4, -0.2) is 56.3 Å². The van der Waals surface area contributed by atoms with Crippen molar-refractivity contribution in [3.05, 3.63) is 29.8 Å². The Bertz CT molecular complexity index is 729. The van der Waals surface area contributed by atoms with Crippen LogP contribution in [0.5, 0.6) is 0 Å². The van der Waals surface area contributed by atoms with Crippen LogP contribution >= 0.6 is 0 Å². The largest absolute Gasteiger partial charge is 0.333 e. The van der Waals surface area contributed by atoms with Crippen molar-refractivity contribution in [1.82, 2.24) is 4.90 Å². The zero-order chi connectivity index (χ0) is 15.9. The topological polar surface area (TPSA) is 74.8 Å². The van der Waals surface area contributed by atoms with E-state index in [1.165, 1.54) is 16.8 Å². The summed E-state index contributed by atoms with van der Waals surface area (Å²) in [6, 6.07) is 7.11. The zero-order valence-electron chi connectivity index (χ0n) is 12.4. The van der Waals surface area contributed by atoms with Gasteiger partial charge in [-0.3, -0.25) is 9.59 Å². The molecule has 0 radical (unpaired) electrons. The maximum atomic E-state index is 12.5. The summed E-state index contributed by atoms with van der Waals surface area (Å²) in [6.45, 7) is 0.487. The van der Waals surface area contributed by atoms with Gasteiger partial charge in [-0.1, -0.05) is 18.2 Å². The van der Waals surface area contributed by atoms with Crippen molar-refractivity contribution in [3.8, 4) is 0 Å². The van der Waals surface area contributed by atoms with Crippen molar-refractivity contribution >= 4 is 27.3 Å². The summed E-state index contributed by atoms with van der Waals surface area (Å²) in [6.07, 6.45) is 1.13. The Kier molecular flexibility index (Phi) is 3.68. The van der Waals surface area contributed by atoms with Gasteiger partial charge < -0.3 is 9.80 Å². The third kappa shape index (κ3) is 2.61. The molecule has 22 heavy (non-hydrogen) atoms. The number of hydrogen-bond donors (Lipinski definition) is 0. The molecule has 1 fully saturated rings. The van der Waals surface area contributed by atoms with E-state index in [4.69, 9.17) is 0 Å². The molecule has 0 saturated carbocycles. The number of fused-ring (bicyclic) bond motifs is 1. The quantitative estimate of drug-likeness (QED) is 0.693. The number of nitrogens with zero attached hydrogens (tertiary/aromatic N) is 2. The van der Waals surface area contributed by atoms with E-state index in [9.17, 15) is 18.0 Å². The summed E-state index contributed by atoms with van der Waals surface area (Å²) in [5, 5.41) is 0. The number of anilines is 1. The van der Waals surface area contributed by atoms with Gasteiger partial charge in [0.05, 0.1) is 11.5 Å². The molecule has 6 nitrogen and oxygen atoms in total. The van der Waals surface area contributed by atoms with Crippen LogP contribution in [0.2, 0.25) is 0 Å². The molecule has 1 unspecified atom stereocenters. The lowest BCUT2D eigenvalue weighted by Gasteiger charge is -2.25. The third-order valence-electron chi connectivity index (χ3n) is 4.39. The van der Waals surface area contributed by atoms with E-state index in [-0.39, 0.29) is 11.5 Å². The van der Waals surface area contributed by atoms with Crippen molar-refractivity contribution in [3.63, 3.8) is 0 Å². The lowest BCUT2D eigenvalue weighted by Crippen LogP contribution is -2.47. The Balaban J connectivity index is 1.74. The SMILES string of the molecule is CN(C(=O)C(=O)N1CCc2ccccc21)C1CCS(=O)(=O)C1. The maximum absolute atomic E-state index is 12.5. The van der Waals surface area contributed by atoms with Gasteiger partial charge in [0.25, 0.3) is 0 Å². The number of hydrogen-bond acceptors (Lipinski definition) is 4. The van der Waals surface area contributed by atoms with E-state index in [1.807, 2.05) is 24.3 Å². The Hall–Kier alpha value is -1.89. The summed E-state index contributed by atoms with van der Waals surface area (Å²) in [5.41, 5.74) is 1.82. The molecule has 2 aliphatic heterocycles. The lowest BCUT2D eigenvalue weighted by atomic mass is 10.2. The van der Waals surface area contributed by atoms with Crippen LogP contribution in [0.3, 0.4) is 0 Å². The number of carbonyl (C=O) groups excluding carboxylic acids is 2. The second kappa shape index (κ2) is 5.39. The molecule has 1 aromatic carbocycles. The predicted molar refractivity (Wildman–Crippen MR) is 82.3 cm³/mol. The zero-order valence-corrected chi connectivity index (χ0v) is 13.2. The van der Waals surface area contributed by atoms with Crippen LogP contribution in [-0.2, 0) is 25.8 Å². The fraction of sp³-hybridized carbons (Fsp3) is 0.467. The molecule has 3 rings (SSSR count). The molecule has 0 spiro atoms. The van der Waals surface area contributed by atoms with E-state index in [1.54, 1.807) is 0 Å². The molecule has 1 atom stereocenters. The molecule has 2 heterocycles. The van der Waals surface area contributed by atoms with Crippen LogP contribution in [0.4, 0.5) is 5.69 Å². The number of sulfone groups is 1. The van der Waals surface area contributed by atoms with Crippen molar-refractivity contribution < 1.29 is 18.0 Å². The molecule has 2 aliphatic rings. The first-order valence-corrected chi connectivity index (χ1v) is 9.08. The second-order valence-corrected chi connectivity index (χ2v) is 8.04. The van der Waals surface area contributed by atoms with Crippen LogP contribution < -0.4 is 4.90 Å². The molecule has 0 aromatic heterocycles. The van der Waals surface area contributed by atoms with E-state index in [0.717, 1.165) is 17.7 Å². The molecule has 2 amide bonds. The molecule has 0 bridgehead atoms. The van der Waals surface area contributed by atoms with Crippen molar-refractivity contribution in [1.29, 1.82) is 0 Å². The number of benzene rings is 1. The van der Waals surface area contributed by atoms with Gasteiger partial charge in [-0.15, -0.1) is 0 Å². The smallest absolute Gasteiger partial charge is 0.316 e. The van der Waals surface area contributed by atoms with E-state index in [2.05, 4.69) is 0 Å². The highest BCUT2D eigenvalue weighted by Crippen LogP contribution is 2.28. The molecule has 0 aliphatic carbocycles. The van der Waals surface area contributed by atoms with Gasteiger partial charge in [0.1, 0.15) is 0 Å². The average Bonchev–Trinajstić information content (AvgIpc) is 3.08. The number of likely N-dealkylation sites (N-methyl/N-ethyl adjacent to an activating group) is 1. The number of carbonyl (C=O) groups is 2. The fourth-order valence-electron chi connectivity index (χ4n) is 3.06. The number of rotatable bonds is 1. The first kappa shape index (κ1) is 15.0. The molecular formula is C15H18N2O4S. The summed E-state index contributed by atoms with van der Waals surface area (Å²) < 4.78 is 23.0. The van der Waals surface area contributed by atoms with Crippen molar-refractivity contribution in [2.45, 2.75) is 18.9 Å². The first-order chi connectivity index (χ1) is 10.4. The van der Waals surface area contributed by atoms with Crippen LogP contribution in [0.1, 0.15) is 12.0 Å². The molecule has 0 N–H and O–H groups in total. The lowest BCUT2D eigenvalue weighted by molar-refractivity contribution is -0.144. The predicted octanol–water partition coefficient (Wildman–Crippen LogP) is 0.221. The van der Waals surface area contributed by atoms with Gasteiger partial charge in [0.2, 0.25) is 0 Å². The Labute approximate surface area is 129 Å². The number of para-hydroxylation sites is 1. The van der Waals surface area contributed by atoms with Crippen molar-refractivity contribution in [2.75, 3.05) is 30.0 Å². The van der Waals surface area contributed by atoms with E-state index < -0.39 is 27.7 Å². The van der Waals surface area contributed by atoms with Gasteiger partial charge in [0, 0.05) is 25.3 Å². The van der Waals surface area contributed by atoms with Gasteiger partial charge in [-0.05, 0) is 24.5 Å². The Morgan fingerprint density at radius 2 is 2.00 bits per heavy atom. The minimum absolute atomic E-state index is 0.0564. The van der Waals surface area contributed by atoms with Gasteiger partial charge in [-0.2, -0.15) is 0 Å². The fourth-order valence-corrected chi connectivity index (χ4v) is 4.84. The third-order valence-corrected chi connectivity index (χ3v) is 6.14. The van der Waals surface area contributed by atoms with Gasteiger partial charge in [-0.25, -0.2) is 8.42 Å². The number of amides is 2. The summed E-state index contributed by atoms with van der Waals surface area (Å²) in [4.78, 5) is 27.6. The summed E-state index contributed by atoms with van der Waals surface area (Å²) in [5.74, 6) is -1.20.